The van der Waals surface area contributed by atoms with Crippen molar-refractivity contribution in [1.82, 2.24) is 15.0 Å². The zero-order valence-electron chi connectivity index (χ0n) is 8.44. The van der Waals surface area contributed by atoms with Crippen LogP contribution in [0.4, 0.5) is 0 Å². The lowest BCUT2D eigenvalue weighted by Gasteiger charge is -2.02. The Balaban J connectivity index is 2.23. The normalized spacial score (nSPS) is 10.4. The summed E-state index contributed by atoms with van der Waals surface area (Å²) in [5, 5.41) is 8.10. The Morgan fingerprint density at radius 3 is 2.43 bits per heavy atom. The second kappa shape index (κ2) is 3.62. The highest BCUT2D eigenvalue weighted by atomic mass is 15.4. The van der Waals surface area contributed by atoms with Crippen LogP contribution < -0.4 is 0 Å². The zero-order chi connectivity index (χ0) is 9.97. The van der Waals surface area contributed by atoms with E-state index >= 15 is 0 Å². The molecule has 3 nitrogen and oxygen atoms in total. The second-order valence-corrected chi connectivity index (χ2v) is 3.40. The third-order valence-corrected chi connectivity index (χ3v) is 2.39. The van der Waals surface area contributed by atoms with Crippen LogP contribution in [0.3, 0.4) is 0 Å². The average Bonchev–Trinajstić information content (AvgIpc) is 2.52. The van der Waals surface area contributed by atoms with Gasteiger partial charge < -0.3 is 0 Å². The van der Waals surface area contributed by atoms with Gasteiger partial charge in [-0.15, -0.1) is 5.10 Å². The Morgan fingerprint density at radius 2 is 1.86 bits per heavy atom. The molecule has 0 aliphatic heterocycles. The van der Waals surface area contributed by atoms with Crippen molar-refractivity contribution in [3.63, 3.8) is 0 Å². The van der Waals surface area contributed by atoms with E-state index in [1.165, 1.54) is 5.56 Å². The van der Waals surface area contributed by atoms with E-state index in [-0.39, 0.29) is 0 Å². The van der Waals surface area contributed by atoms with Gasteiger partial charge in [-0.05, 0) is 19.4 Å². The summed E-state index contributed by atoms with van der Waals surface area (Å²) in [5.41, 5.74) is 3.38. The number of aromatic nitrogens is 3. The Hall–Kier alpha value is -1.64. The van der Waals surface area contributed by atoms with Gasteiger partial charge in [0.05, 0.1) is 17.9 Å². The SMILES string of the molecule is Cc1nnn(Cc2ccccc2)c1C. The van der Waals surface area contributed by atoms with Gasteiger partial charge in [0.15, 0.2) is 0 Å². The quantitative estimate of drug-likeness (QED) is 0.719. The molecule has 1 heterocycles. The Morgan fingerprint density at radius 1 is 1.14 bits per heavy atom. The van der Waals surface area contributed by atoms with E-state index in [0.29, 0.717) is 0 Å². The van der Waals surface area contributed by atoms with Crippen LogP contribution in [-0.2, 0) is 6.54 Å². The smallest absolute Gasteiger partial charge is 0.0825 e. The predicted molar refractivity (Wildman–Crippen MR) is 55.0 cm³/mol. The molecule has 2 rings (SSSR count). The van der Waals surface area contributed by atoms with Crippen LogP contribution in [0, 0.1) is 13.8 Å². The predicted octanol–water partition coefficient (Wildman–Crippen LogP) is 1.94. The van der Waals surface area contributed by atoms with E-state index < -0.39 is 0 Å². The molecule has 0 unspecified atom stereocenters. The Labute approximate surface area is 83.4 Å². The van der Waals surface area contributed by atoms with Gasteiger partial charge in [-0.25, -0.2) is 4.68 Å². The first kappa shape index (κ1) is 8.94. The molecule has 1 aromatic carbocycles. The maximum atomic E-state index is 4.08. The Kier molecular flexibility index (Phi) is 2.31. The number of hydrogen-bond acceptors (Lipinski definition) is 2. The molecule has 0 aliphatic rings. The summed E-state index contributed by atoms with van der Waals surface area (Å²) < 4.78 is 1.92. The fraction of sp³-hybridized carbons (Fsp3) is 0.273. The summed E-state index contributed by atoms with van der Waals surface area (Å²) in [6.45, 7) is 4.82. The van der Waals surface area contributed by atoms with Crippen molar-refractivity contribution in [3.05, 3.63) is 47.3 Å². The topological polar surface area (TPSA) is 30.7 Å². The number of rotatable bonds is 2. The lowest BCUT2D eigenvalue weighted by Crippen LogP contribution is -2.03. The van der Waals surface area contributed by atoms with Crippen LogP contribution >= 0.6 is 0 Å². The van der Waals surface area contributed by atoms with Gasteiger partial charge in [0.2, 0.25) is 0 Å². The van der Waals surface area contributed by atoms with Gasteiger partial charge in [-0.3, -0.25) is 0 Å². The largest absolute Gasteiger partial charge is 0.245 e. The third kappa shape index (κ3) is 1.66. The van der Waals surface area contributed by atoms with Crippen molar-refractivity contribution in [2.24, 2.45) is 0 Å². The number of benzene rings is 1. The molecule has 0 atom stereocenters. The zero-order valence-corrected chi connectivity index (χ0v) is 8.44. The van der Waals surface area contributed by atoms with Gasteiger partial charge in [-0.1, -0.05) is 35.5 Å². The van der Waals surface area contributed by atoms with Crippen LogP contribution in [-0.4, -0.2) is 15.0 Å². The van der Waals surface area contributed by atoms with Crippen LogP contribution in [0.5, 0.6) is 0 Å². The molecule has 2 aromatic rings. The molecule has 0 bridgehead atoms. The molecule has 0 spiro atoms. The summed E-state index contributed by atoms with van der Waals surface area (Å²) in [4.78, 5) is 0. The van der Waals surface area contributed by atoms with Crippen molar-refractivity contribution in [1.29, 1.82) is 0 Å². The first-order valence-corrected chi connectivity index (χ1v) is 4.68. The van der Waals surface area contributed by atoms with E-state index in [2.05, 4.69) is 22.4 Å². The minimum atomic E-state index is 0.799. The van der Waals surface area contributed by atoms with Crippen molar-refractivity contribution in [2.75, 3.05) is 0 Å². The highest BCUT2D eigenvalue weighted by Crippen LogP contribution is 2.06. The van der Waals surface area contributed by atoms with Gasteiger partial charge >= 0.3 is 0 Å². The molecule has 0 N–H and O–H groups in total. The van der Waals surface area contributed by atoms with E-state index in [1.807, 2.05) is 36.7 Å². The molecule has 14 heavy (non-hydrogen) atoms. The summed E-state index contributed by atoms with van der Waals surface area (Å²) in [5.74, 6) is 0. The number of nitrogens with zero attached hydrogens (tertiary/aromatic N) is 3. The fourth-order valence-electron chi connectivity index (χ4n) is 1.35. The van der Waals surface area contributed by atoms with Crippen molar-refractivity contribution < 1.29 is 0 Å². The van der Waals surface area contributed by atoms with Gasteiger partial charge in [-0.2, -0.15) is 0 Å². The molecule has 72 valence electrons. The lowest BCUT2D eigenvalue weighted by atomic mass is 10.2. The van der Waals surface area contributed by atoms with Gasteiger partial charge in [0.25, 0.3) is 0 Å². The molecule has 0 aliphatic carbocycles. The second-order valence-electron chi connectivity index (χ2n) is 3.40. The minimum absolute atomic E-state index is 0.799. The maximum Gasteiger partial charge on any atom is 0.0825 e. The molecule has 0 saturated carbocycles. The lowest BCUT2D eigenvalue weighted by molar-refractivity contribution is 0.633. The molecule has 1 aromatic heterocycles. The van der Waals surface area contributed by atoms with Crippen molar-refractivity contribution in [3.8, 4) is 0 Å². The maximum absolute atomic E-state index is 4.08. The fourth-order valence-corrected chi connectivity index (χ4v) is 1.35. The molecule has 0 saturated heterocycles. The van der Waals surface area contributed by atoms with E-state index in [1.54, 1.807) is 0 Å². The van der Waals surface area contributed by atoms with Crippen LogP contribution in [0.1, 0.15) is 17.0 Å². The summed E-state index contributed by atoms with van der Waals surface area (Å²) in [6, 6.07) is 10.3. The average molecular weight is 187 g/mol. The monoisotopic (exact) mass is 187 g/mol. The van der Waals surface area contributed by atoms with Crippen LogP contribution in [0.15, 0.2) is 30.3 Å². The molecule has 0 amide bonds. The van der Waals surface area contributed by atoms with Crippen LogP contribution in [0.25, 0.3) is 0 Å². The standard InChI is InChI=1S/C11H13N3/c1-9-10(2)14(13-12-9)8-11-6-4-3-5-7-11/h3-7H,8H2,1-2H3. The minimum Gasteiger partial charge on any atom is -0.245 e. The first-order chi connectivity index (χ1) is 6.77. The van der Waals surface area contributed by atoms with Crippen LogP contribution in [0.2, 0.25) is 0 Å². The summed E-state index contributed by atoms with van der Waals surface area (Å²) >= 11 is 0. The van der Waals surface area contributed by atoms with Gasteiger partial charge in [0.1, 0.15) is 0 Å². The molecular formula is C11H13N3. The number of aryl methyl sites for hydroxylation is 1. The van der Waals surface area contributed by atoms with E-state index in [4.69, 9.17) is 0 Å². The molecule has 0 radical (unpaired) electrons. The summed E-state index contributed by atoms with van der Waals surface area (Å²) in [6.07, 6.45) is 0. The van der Waals surface area contributed by atoms with E-state index in [0.717, 1.165) is 17.9 Å². The van der Waals surface area contributed by atoms with Gasteiger partial charge in [0, 0.05) is 0 Å². The molecule has 3 heteroatoms. The van der Waals surface area contributed by atoms with Crippen molar-refractivity contribution in [2.45, 2.75) is 20.4 Å². The number of hydrogen-bond donors (Lipinski definition) is 0. The summed E-state index contributed by atoms with van der Waals surface area (Å²) in [7, 11) is 0. The molecule has 0 fully saturated rings. The highest BCUT2D eigenvalue weighted by Gasteiger charge is 2.03. The molecular weight excluding hydrogens is 174 g/mol. The first-order valence-electron chi connectivity index (χ1n) is 4.68. The van der Waals surface area contributed by atoms with E-state index in [9.17, 15) is 0 Å². The Bertz CT molecular complexity index is 417. The van der Waals surface area contributed by atoms with Crippen molar-refractivity contribution >= 4 is 0 Å². The third-order valence-electron chi connectivity index (χ3n) is 2.39. The highest BCUT2D eigenvalue weighted by molar-refractivity contribution is 5.16.